The van der Waals surface area contributed by atoms with Crippen molar-refractivity contribution < 1.29 is 9.53 Å². The number of benzene rings is 1. The summed E-state index contributed by atoms with van der Waals surface area (Å²) in [5.74, 6) is 0.236. The lowest BCUT2D eigenvalue weighted by atomic mass is 10.2. The van der Waals surface area contributed by atoms with Crippen molar-refractivity contribution in [3.8, 4) is 11.8 Å². The number of halogens is 1. The number of hydrogen-bond donors (Lipinski definition) is 2. The van der Waals surface area contributed by atoms with E-state index in [2.05, 4.69) is 20.7 Å². The zero-order valence-corrected chi connectivity index (χ0v) is 17.3. The van der Waals surface area contributed by atoms with E-state index < -0.39 is 0 Å². The van der Waals surface area contributed by atoms with Crippen LogP contribution in [0.2, 0.25) is 5.15 Å². The van der Waals surface area contributed by atoms with Crippen LogP contribution in [0.15, 0.2) is 41.3 Å². The van der Waals surface area contributed by atoms with Gasteiger partial charge in [-0.15, -0.1) is 0 Å². The largest absolute Gasteiger partial charge is 0.478 e. The van der Waals surface area contributed by atoms with E-state index in [1.165, 1.54) is 22.3 Å². The van der Waals surface area contributed by atoms with Gasteiger partial charge in [-0.2, -0.15) is 14.9 Å². The lowest BCUT2D eigenvalue weighted by molar-refractivity contribution is -0.122. The van der Waals surface area contributed by atoms with Crippen molar-refractivity contribution in [3.63, 3.8) is 0 Å². The average Bonchev–Trinajstić information content (AvgIpc) is 3.17. The molecule has 10 nitrogen and oxygen atoms in total. The van der Waals surface area contributed by atoms with Gasteiger partial charge in [0.25, 0.3) is 11.5 Å². The van der Waals surface area contributed by atoms with Gasteiger partial charge in [-0.3, -0.25) is 9.59 Å². The fraction of sp³-hybridized carbons (Fsp3) is 0.150. The molecule has 0 aliphatic heterocycles. The molecular weight excluding hydrogens is 422 g/mol. The van der Waals surface area contributed by atoms with E-state index >= 15 is 0 Å². The Morgan fingerprint density at radius 1 is 1.32 bits per heavy atom. The Bertz CT molecular complexity index is 1430. The van der Waals surface area contributed by atoms with E-state index in [9.17, 15) is 14.9 Å². The number of amides is 1. The van der Waals surface area contributed by atoms with Crippen LogP contribution in [0, 0.1) is 11.3 Å². The molecule has 4 aromatic rings. The Labute approximate surface area is 180 Å². The lowest BCUT2D eigenvalue weighted by Crippen LogP contribution is -2.27. The number of ether oxygens (including phenoxy) is 1. The van der Waals surface area contributed by atoms with E-state index in [0.717, 1.165) is 0 Å². The number of aromatic nitrogens is 4. The molecule has 4 rings (SSSR count). The second kappa shape index (κ2) is 7.97. The first-order valence-electron chi connectivity index (χ1n) is 9.10. The van der Waals surface area contributed by atoms with Crippen LogP contribution in [0.1, 0.15) is 5.56 Å². The molecule has 2 N–H and O–H groups in total. The van der Waals surface area contributed by atoms with Crippen LogP contribution in [0.25, 0.3) is 16.6 Å². The normalized spacial score (nSPS) is 10.8. The van der Waals surface area contributed by atoms with Crippen molar-refractivity contribution in [1.29, 1.82) is 5.26 Å². The minimum Gasteiger partial charge on any atom is -0.478 e. The van der Waals surface area contributed by atoms with E-state index in [0.29, 0.717) is 33.6 Å². The minimum atomic E-state index is -0.347. The number of carbonyl (C=O) groups is 1. The van der Waals surface area contributed by atoms with Crippen LogP contribution in [-0.2, 0) is 11.8 Å². The van der Waals surface area contributed by atoms with Crippen LogP contribution in [-0.4, -0.2) is 38.7 Å². The number of nitriles is 1. The summed E-state index contributed by atoms with van der Waals surface area (Å²) in [6, 6.07) is 10.6. The molecule has 1 aromatic carbocycles. The molecule has 0 fully saturated rings. The molecule has 0 unspecified atom stereocenters. The second-order valence-corrected chi connectivity index (χ2v) is 6.99. The minimum absolute atomic E-state index is 0.0656. The number of likely N-dealkylation sites (N-methyl/N-ethyl adjacent to an activating group) is 1. The van der Waals surface area contributed by atoms with Gasteiger partial charge in [-0.05, 0) is 24.3 Å². The van der Waals surface area contributed by atoms with Gasteiger partial charge in [-0.1, -0.05) is 11.6 Å². The zero-order chi connectivity index (χ0) is 22.1. The van der Waals surface area contributed by atoms with Crippen molar-refractivity contribution in [2.45, 2.75) is 0 Å². The number of fused-ring (bicyclic) bond motifs is 2. The molecule has 0 atom stereocenters. The van der Waals surface area contributed by atoms with Crippen molar-refractivity contribution in [1.82, 2.24) is 24.5 Å². The van der Waals surface area contributed by atoms with E-state index in [1.54, 1.807) is 31.3 Å². The molecular formula is C20H16ClN7O3. The van der Waals surface area contributed by atoms with Crippen molar-refractivity contribution in [3.05, 3.63) is 57.6 Å². The summed E-state index contributed by atoms with van der Waals surface area (Å²) < 4.78 is 8.32. The maximum Gasteiger partial charge on any atom is 0.293 e. The van der Waals surface area contributed by atoms with Gasteiger partial charge in [-0.25, -0.2) is 4.98 Å². The number of hydrogen-bond acceptors (Lipinski definition) is 7. The third-order valence-electron chi connectivity index (χ3n) is 4.66. The predicted octanol–water partition coefficient (Wildman–Crippen LogP) is 1.97. The zero-order valence-electron chi connectivity index (χ0n) is 16.5. The van der Waals surface area contributed by atoms with Gasteiger partial charge in [0.15, 0.2) is 18.0 Å². The highest BCUT2D eigenvalue weighted by molar-refractivity contribution is 6.29. The number of aryl methyl sites for hydroxylation is 1. The first-order chi connectivity index (χ1) is 14.9. The van der Waals surface area contributed by atoms with Crippen LogP contribution in [0.5, 0.6) is 5.75 Å². The van der Waals surface area contributed by atoms with Gasteiger partial charge in [0, 0.05) is 31.2 Å². The fourth-order valence-corrected chi connectivity index (χ4v) is 3.28. The number of nitrogens with zero attached hydrogens (tertiary/aromatic N) is 5. The SMILES string of the molecule is CNC(=O)COc1cc2cc(Nc3cc(Cl)nc4c(C#N)cnn34)ccc2n(C)c1=O. The first kappa shape index (κ1) is 20.2. The van der Waals surface area contributed by atoms with Crippen LogP contribution >= 0.6 is 11.6 Å². The molecule has 0 spiro atoms. The summed E-state index contributed by atoms with van der Waals surface area (Å²) in [7, 11) is 3.12. The number of rotatable bonds is 5. The molecule has 1 amide bonds. The summed E-state index contributed by atoms with van der Waals surface area (Å²) in [5, 5.41) is 20.0. The smallest absolute Gasteiger partial charge is 0.293 e. The Balaban J connectivity index is 1.74. The third-order valence-corrected chi connectivity index (χ3v) is 4.86. The highest BCUT2D eigenvalue weighted by atomic mass is 35.5. The third kappa shape index (κ3) is 3.74. The van der Waals surface area contributed by atoms with Gasteiger partial charge in [0.2, 0.25) is 0 Å². The van der Waals surface area contributed by atoms with Crippen molar-refractivity contribution >= 4 is 45.6 Å². The highest BCUT2D eigenvalue weighted by Crippen LogP contribution is 2.26. The number of nitrogens with one attached hydrogen (secondary N) is 2. The Morgan fingerprint density at radius 2 is 2.13 bits per heavy atom. The molecule has 0 saturated heterocycles. The standard InChI is InChI=1S/C20H16ClN7O3/c1-23-18(29)10-31-15-6-11-5-13(3-4-14(11)27(2)20(15)30)25-17-7-16(21)26-19-12(8-22)9-24-28(17)19/h3-7,9,25H,10H2,1-2H3,(H,23,29). The maximum absolute atomic E-state index is 12.5. The van der Waals surface area contributed by atoms with Crippen molar-refractivity contribution in [2.75, 3.05) is 19.0 Å². The quantitative estimate of drug-likeness (QED) is 0.457. The van der Waals surface area contributed by atoms with Gasteiger partial charge in [0.1, 0.15) is 22.6 Å². The van der Waals surface area contributed by atoms with Crippen LogP contribution in [0.3, 0.4) is 0 Å². The second-order valence-electron chi connectivity index (χ2n) is 6.60. The molecule has 31 heavy (non-hydrogen) atoms. The van der Waals surface area contributed by atoms with Crippen molar-refractivity contribution in [2.24, 2.45) is 7.05 Å². The topological polar surface area (TPSA) is 126 Å². The predicted molar refractivity (Wildman–Crippen MR) is 115 cm³/mol. The van der Waals surface area contributed by atoms with Gasteiger partial charge >= 0.3 is 0 Å². The molecule has 0 bridgehead atoms. The summed E-state index contributed by atoms with van der Waals surface area (Å²) in [4.78, 5) is 28.1. The maximum atomic E-state index is 12.5. The number of anilines is 2. The van der Waals surface area contributed by atoms with Crippen LogP contribution in [0.4, 0.5) is 11.5 Å². The van der Waals surface area contributed by atoms with Gasteiger partial charge in [0.05, 0.1) is 11.7 Å². The Hall–Kier alpha value is -4.10. The summed E-state index contributed by atoms with van der Waals surface area (Å²) in [5.41, 5.74) is 1.66. The Kier molecular flexibility index (Phi) is 5.19. The molecule has 0 aliphatic rings. The molecule has 0 saturated carbocycles. The van der Waals surface area contributed by atoms with E-state index in [1.807, 2.05) is 12.1 Å². The van der Waals surface area contributed by atoms with E-state index in [-0.39, 0.29) is 29.0 Å². The summed E-state index contributed by atoms with van der Waals surface area (Å²) in [6.07, 6.45) is 1.41. The van der Waals surface area contributed by atoms with E-state index in [4.69, 9.17) is 16.3 Å². The number of pyridine rings is 1. The van der Waals surface area contributed by atoms with Gasteiger partial charge < -0.3 is 19.9 Å². The first-order valence-corrected chi connectivity index (χ1v) is 9.47. The summed E-state index contributed by atoms with van der Waals surface area (Å²) >= 11 is 6.11. The molecule has 0 aliphatic carbocycles. The monoisotopic (exact) mass is 437 g/mol. The molecule has 3 heterocycles. The molecule has 156 valence electrons. The highest BCUT2D eigenvalue weighted by Gasteiger charge is 2.13. The summed E-state index contributed by atoms with van der Waals surface area (Å²) in [6.45, 7) is -0.261. The molecule has 3 aromatic heterocycles. The Morgan fingerprint density at radius 3 is 2.87 bits per heavy atom. The lowest BCUT2D eigenvalue weighted by Gasteiger charge is -2.13. The molecule has 0 radical (unpaired) electrons. The fourth-order valence-electron chi connectivity index (χ4n) is 3.10. The van der Waals surface area contributed by atoms with Crippen LogP contribution < -0.4 is 20.9 Å². The average molecular weight is 438 g/mol. The molecule has 11 heteroatoms. The number of carbonyl (C=O) groups excluding carboxylic acids is 1.